The zero-order valence-electron chi connectivity index (χ0n) is 16.3. The minimum absolute atomic E-state index is 0.0433. The molecule has 25 heavy (non-hydrogen) atoms. The Morgan fingerprint density at radius 3 is 2.48 bits per heavy atom. The van der Waals surface area contributed by atoms with Crippen molar-refractivity contribution in [3.63, 3.8) is 0 Å². The Balaban J connectivity index is 1.52. The zero-order chi connectivity index (χ0) is 17.8. The molecule has 1 N–H and O–H groups in total. The molecule has 0 heterocycles. The van der Waals surface area contributed by atoms with Crippen molar-refractivity contribution < 1.29 is 14.6 Å². The average Bonchev–Trinajstić information content (AvgIpc) is 2.89. The van der Waals surface area contributed by atoms with Gasteiger partial charge in [-0.3, -0.25) is 4.79 Å². The number of fused-ring (bicyclic) bond motifs is 5. The van der Waals surface area contributed by atoms with Crippen LogP contribution in [-0.4, -0.2) is 23.8 Å². The Kier molecular flexibility index (Phi) is 4.46. The van der Waals surface area contributed by atoms with Gasteiger partial charge in [0.1, 0.15) is 0 Å². The van der Waals surface area contributed by atoms with Crippen molar-refractivity contribution in [3.05, 3.63) is 0 Å². The number of aliphatic hydroxyl groups is 1. The van der Waals surface area contributed by atoms with Crippen molar-refractivity contribution in [1.82, 2.24) is 0 Å². The third-order valence-corrected chi connectivity index (χ3v) is 9.24. The SMILES string of the molecule is CCOC(=O)[C@H]1CC[C@@]2(C)[C@@H](CC[C@H]3[C@H]2CC[C@@]2(C)[C@@H]3CC[C@@H]2O)C1. The summed E-state index contributed by atoms with van der Waals surface area (Å²) in [6.07, 6.45) is 10.5. The first-order chi connectivity index (χ1) is 11.9. The first-order valence-corrected chi connectivity index (χ1v) is 10.7. The number of carbonyl (C=O) groups excluding carboxylic acids is 1. The molecule has 0 aliphatic heterocycles. The van der Waals surface area contributed by atoms with Crippen molar-refractivity contribution in [1.29, 1.82) is 0 Å². The van der Waals surface area contributed by atoms with E-state index in [1.165, 1.54) is 38.5 Å². The van der Waals surface area contributed by atoms with E-state index in [-0.39, 0.29) is 23.4 Å². The van der Waals surface area contributed by atoms with Crippen LogP contribution >= 0.6 is 0 Å². The molecule has 4 saturated carbocycles. The van der Waals surface area contributed by atoms with Crippen molar-refractivity contribution in [3.8, 4) is 0 Å². The summed E-state index contributed by atoms with van der Waals surface area (Å²) in [5.41, 5.74) is 0.577. The molecule has 0 radical (unpaired) electrons. The Hall–Kier alpha value is -0.570. The number of hydrogen-bond acceptors (Lipinski definition) is 3. The van der Waals surface area contributed by atoms with Crippen LogP contribution < -0.4 is 0 Å². The summed E-state index contributed by atoms with van der Waals surface area (Å²) in [5, 5.41) is 10.6. The Morgan fingerprint density at radius 1 is 1.00 bits per heavy atom. The predicted molar refractivity (Wildman–Crippen MR) is 97.9 cm³/mol. The fourth-order valence-corrected chi connectivity index (χ4v) is 7.70. The van der Waals surface area contributed by atoms with E-state index in [1.54, 1.807) is 0 Å². The van der Waals surface area contributed by atoms with Crippen molar-refractivity contribution in [2.24, 2.45) is 40.4 Å². The highest BCUT2D eigenvalue weighted by Crippen LogP contribution is 2.66. The van der Waals surface area contributed by atoms with E-state index < -0.39 is 0 Å². The molecule has 4 aliphatic carbocycles. The molecule has 0 unspecified atom stereocenters. The molecular weight excluding hydrogens is 312 g/mol. The van der Waals surface area contributed by atoms with Gasteiger partial charge >= 0.3 is 5.97 Å². The van der Waals surface area contributed by atoms with Gasteiger partial charge in [-0.2, -0.15) is 0 Å². The normalized spacial score (nSPS) is 52.0. The highest BCUT2D eigenvalue weighted by molar-refractivity contribution is 5.72. The second-order valence-electron chi connectivity index (χ2n) is 10.0. The van der Waals surface area contributed by atoms with Gasteiger partial charge in [-0.1, -0.05) is 13.8 Å². The zero-order valence-corrected chi connectivity index (χ0v) is 16.3. The lowest BCUT2D eigenvalue weighted by Crippen LogP contribution is -2.54. The largest absolute Gasteiger partial charge is 0.466 e. The number of hydrogen-bond donors (Lipinski definition) is 1. The summed E-state index contributed by atoms with van der Waals surface area (Å²) in [6, 6.07) is 0. The number of rotatable bonds is 2. The maximum Gasteiger partial charge on any atom is 0.308 e. The second kappa shape index (κ2) is 6.25. The second-order valence-corrected chi connectivity index (χ2v) is 10.0. The predicted octanol–water partition coefficient (Wildman–Crippen LogP) is 4.57. The number of aliphatic hydroxyl groups excluding tert-OH is 1. The standard InChI is InChI=1S/C22H36O3/c1-4-25-20(24)14-9-11-21(2)15(13-14)5-6-16-17-7-8-19(23)22(17,3)12-10-18(16)21/h14-19,23H,4-13H2,1-3H3/t14-,15-,16+,17+,18+,19-,21-,22-/m0/s1. The number of esters is 1. The van der Waals surface area contributed by atoms with Crippen LogP contribution in [-0.2, 0) is 9.53 Å². The van der Waals surface area contributed by atoms with Gasteiger partial charge in [0.15, 0.2) is 0 Å². The molecular formula is C22H36O3. The summed E-state index contributed by atoms with van der Waals surface area (Å²) >= 11 is 0. The molecule has 4 aliphatic rings. The molecule has 3 heteroatoms. The maximum absolute atomic E-state index is 12.2. The van der Waals surface area contributed by atoms with Gasteiger partial charge in [0.2, 0.25) is 0 Å². The molecule has 4 rings (SSSR count). The lowest BCUT2D eigenvalue weighted by Gasteiger charge is -2.60. The van der Waals surface area contributed by atoms with Crippen LogP contribution in [0.4, 0.5) is 0 Å². The molecule has 142 valence electrons. The Morgan fingerprint density at radius 2 is 1.72 bits per heavy atom. The van der Waals surface area contributed by atoms with Crippen LogP contribution in [0.2, 0.25) is 0 Å². The highest BCUT2D eigenvalue weighted by Gasteiger charge is 2.60. The van der Waals surface area contributed by atoms with Crippen LogP contribution in [0, 0.1) is 40.4 Å². The van der Waals surface area contributed by atoms with Gasteiger partial charge in [-0.15, -0.1) is 0 Å². The molecule has 0 amide bonds. The molecule has 0 bridgehead atoms. The van der Waals surface area contributed by atoms with Gasteiger partial charge < -0.3 is 9.84 Å². The summed E-state index contributed by atoms with van der Waals surface area (Å²) in [5.74, 6) is 3.20. The minimum atomic E-state index is -0.0801. The Bertz CT molecular complexity index is 531. The van der Waals surface area contributed by atoms with E-state index in [0.29, 0.717) is 17.9 Å². The van der Waals surface area contributed by atoms with Crippen molar-refractivity contribution in [2.75, 3.05) is 6.61 Å². The average molecular weight is 349 g/mol. The summed E-state index contributed by atoms with van der Waals surface area (Å²) in [4.78, 5) is 12.2. The minimum Gasteiger partial charge on any atom is -0.466 e. The van der Waals surface area contributed by atoms with Crippen LogP contribution in [0.1, 0.15) is 78.6 Å². The third kappa shape index (κ3) is 2.59. The van der Waals surface area contributed by atoms with E-state index in [4.69, 9.17) is 4.74 Å². The van der Waals surface area contributed by atoms with Crippen LogP contribution in [0.15, 0.2) is 0 Å². The van der Waals surface area contributed by atoms with Gasteiger partial charge in [0.05, 0.1) is 18.6 Å². The van der Waals surface area contributed by atoms with Crippen molar-refractivity contribution in [2.45, 2.75) is 84.7 Å². The van der Waals surface area contributed by atoms with E-state index in [9.17, 15) is 9.90 Å². The Labute approximate surface area is 152 Å². The maximum atomic E-state index is 12.2. The molecule has 8 atom stereocenters. The number of ether oxygens (including phenoxy) is 1. The monoisotopic (exact) mass is 348 g/mol. The lowest BCUT2D eigenvalue weighted by atomic mass is 9.44. The first kappa shape index (κ1) is 17.8. The first-order valence-electron chi connectivity index (χ1n) is 10.7. The van der Waals surface area contributed by atoms with E-state index >= 15 is 0 Å². The number of carbonyl (C=O) groups is 1. The van der Waals surface area contributed by atoms with E-state index in [0.717, 1.165) is 37.0 Å². The summed E-state index contributed by atoms with van der Waals surface area (Å²) < 4.78 is 5.32. The molecule has 3 nitrogen and oxygen atoms in total. The third-order valence-electron chi connectivity index (χ3n) is 9.24. The quantitative estimate of drug-likeness (QED) is 0.744. The van der Waals surface area contributed by atoms with Crippen LogP contribution in [0.5, 0.6) is 0 Å². The van der Waals surface area contributed by atoms with Gasteiger partial charge in [0.25, 0.3) is 0 Å². The van der Waals surface area contributed by atoms with Gasteiger partial charge in [0, 0.05) is 0 Å². The van der Waals surface area contributed by atoms with E-state index in [2.05, 4.69) is 13.8 Å². The van der Waals surface area contributed by atoms with Gasteiger partial charge in [-0.05, 0) is 99.2 Å². The topological polar surface area (TPSA) is 46.5 Å². The van der Waals surface area contributed by atoms with Gasteiger partial charge in [-0.25, -0.2) is 0 Å². The molecule has 0 aromatic heterocycles. The van der Waals surface area contributed by atoms with Crippen LogP contribution in [0.25, 0.3) is 0 Å². The molecule has 0 spiro atoms. The molecule has 0 aromatic carbocycles. The van der Waals surface area contributed by atoms with Crippen LogP contribution in [0.3, 0.4) is 0 Å². The summed E-state index contributed by atoms with van der Waals surface area (Å²) in [7, 11) is 0. The highest BCUT2D eigenvalue weighted by atomic mass is 16.5. The fraction of sp³-hybridized carbons (Fsp3) is 0.955. The molecule has 4 fully saturated rings. The molecule has 0 aromatic rings. The molecule has 0 saturated heterocycles. The van der Waals surface area contributed by atoms with E-state index in [1.807, 2.05) is 6.92 Å². The van der Waals surface area contributed by atoms with Crippen molar-refractivity contribution >= 4 is 5.97 Å². The summed E-state index contributed by atoms with van der Waals surface area (Å²) in [6.45, 7) is 7.30. The fourth-order valence-electron chi connectivity index (χ4n) is 7.70. The smallest absolute Gasteiger partial charge is 0.308 e. The lowest BCUT2D eigenvalue weighted by molar-refractivity contribution is -0.158.